The molecule has 4 rings (SSSR count). The van der Waals surface area contributed by atoms with Gasteiger partial charge < -0.3 is 9.47 Å². The molecule has 2 N–H and O–H groups in total. The number of hydrogen-bond acceptors (Lipinski definition) is 6. The Morgan fingerprint density at radius 1 is 1.23 bits per heavy atom. The van der Waals surface area contributed by atoms with E-state index >= 15 is 4.39 Å². The minimum absolute atomic E-state index is 0.0308. The van der Waals surface area contributed by atoms with Crippen LogP contribution in [0.4, 0.5) is 17.6 Å². The quantitative estimate of drug-likeness (QED) is 0.140. The number of amides is 1. The van der Waals surface area contributed by atoms with Crippen LogP contribution < -0.4 is 15.0 Å². The van der Waals surface area contributed by atoms with Crippen molar-refractivity contribution in [1.29, 1.82) is 0 Å². The number of hydroxylamine groups is 1. The maximum Gasteiger partial charge on any atom is 0.249 e. The van der Waals surface area contributed by atoms with Crippen LogP contribution >= 0.6 is 11.6 Å². The van der Waals surface area contributed by atoms with Gasteiger partial charge in [0.15, 0.2) is 11.6 Å². The average Bonchev–Trinajstić information content (AvgIpc) is 2.94. The van der Waals surface area contributed by atoms with E-state index in [0.717, 1.165) is 6.07 Å². The third-order valence-corrected chi connectivity index (χ3v) is 7.58. The summed E-state index contributed by atoms with van der Waals surface area (Å²) >= 11 is 6.33. The van der Waals surface area contributed by atoms with Gasteiger partial charge in [-0.05, 0) is 57.0 Å². The fourth-order valence-corrected chi connectivity index (χ4v) is 5.27. The Labute approximate surface area is 227 Å². The van der Waals surface area contributed by atoms with Crippen molar-refractivity contribution in [3.05, 3.63) is 64.6 Å². The Balaban J connectivity index is 1.40. The minimum atomic E-state index is -1.51. The van der Waals surface area contributed by atoms with E-state index in [-0.39, 0.29) is 30.0 Å². The Morgan fingerprint density at radius 3 is 2.67 bits per heavy atom. The molecule has 0 spiro atoms. The molecule has 2 aromatic carbocycles. The molecule has 1 saturated heterocycles. The number of fused-ring (bicyclic) bond motifs is 1. The summed E-state index contributed by atoms with van der Waals surface area (Å²) < 4.78 is 66.7. The molecule has 3 aromatic rings. The number of aromatic nitrogens is 1. The fourth-order valence-electron chi connectivity index (χ4n) is 5.00. The first-order valence-corrected chi connectivity index (χ1v) is 12.8. The van der Waals surface area contributed by atoms with Crippen LogP contribution in [0.2, 0.25) is 5.02 Å². The normalized spacial score (nSPS) is 16.2. The number of carbonyl (C=O) groups is 1. The second kappa shape index (κ2) is 12.4. The predicted octanol–water partition coefficient (Wildman–Crippen LogP) is 5.77. The van der Waals surface area contributed by atoms with Gasteiger partial charge in [-0.15, -0.1) is 0 Å². The number of halogens is 5. The maximum absolute atomic E-state index is 15.7. The zero-order valence-electron chi connectivity index (χ0n) is 21.2. The Morgan fingerprint density at radius 2 is 1.97 bits per heavy atom. The smallest absolute Gasteiger partial charge is 0.249 e. The van der Waals surface area contributed by atoms with E-state index in [1.54, 1.807) is 23.7 Å². The van der Waals surface area contributed by atoms with E-state index in [0.29, 0.717) is 55.2 Å². The number of carbonyl (C=O) groups excluding carboxylic acids is 1. The largest absolute Gasteiger partial charge is 0.497 e. The van der Waals surface area contributed by atoms with E-state index in [9.17, 15) is 23.2 Å². The molecule has 1 atom stereocenters. The standard InChI is InChI=1S/C27H28ClF4N3O4/c1-38-17-2-3-22-18(14-17)24(19(28)15-33-22)20(30)4-5-27(26(36)34-37)6-8-35(9-7-27)10-11-39-23-13-16(29)12-21(31)25(23)32/h2-3,12-15,20,37H,4-11H2,1H3,(H,34,36)/t20-/m1/s1. The lowest BCUT2D eigenvalue weighted by Gasteiger charge is -2.40. The minimum Gasteiger partial charge on any atom is -0.497 e. The summed E-state index contributed by atoms with van der Waals surface area (Å²) in [7, 11) is 1.50. The number of hydrogen-bond donors (Lipinski definition) is 2. The van der Waals surface area contributed by atoms with Crippen LogP contribution in [0.25, 0.3) is 10.9 Å². The first-order valence-electron chi connectivity index (χ1n) is 12.4. The molecule has 0 aliphatic carbocycles. The Kier molecular flexibility index (Phi) is 9.14. The summed E-state index contributed by atoms with van der Waals surface area (Å²) in [5, 5.41) is 10.1. The average molecular weight is 570 g/mol. The van der Waals surface area contributed by atoms with Crippen LogP contribution in [-0.2, 0) is 4.79 Å². The molecule has 1 amide bonds. The lowest BCUT2D eigenvalue weighted by Crippen LogP contribution is -2.49. The molecule has 7 nitrogen and oxygen atoms in total. The molecule has 2 heterocycles. The summed E-state index contributed by atoms with van der Waals surface area (Å²) in [6.45, 7) is 1.08. The van der Waals surface area contributed by atoms with Crippen molar-refractivity contribution in [1.82, 2.24) is 15.4 Å². The van der Waals surface area contributed by atoms with Crippen LogP contribution in [0.1, 0.15) is 37.4 Å². The Bertz CT molecular complexity index is 1340. The number of alkyl halides is 1. The summed E-state index contributed by atoms with van der Waals surface area (Å²) in [6, 6.07) is 6.29. The number of ether oxygens (including phenoxy) is 2. The molecule has 1 aromatic heterocycles. The van der Waals surface area contributed by atoms with Crippen LogP contribution in [0.3, 0.4) is 0 Å². The summed E-state index contributed by atoms with van der Waals surface area (Å²) in [5.41, 5.74) is 1.51. The lowest BCUT2D eigenvalue weighted by molar-refractivity contribution is -0.143. The second-order valence-electron chi connectivity index (χ2n) is 9.52. The van der Waals surface area contributed by atoms with Crippen molar-refractivity contribution in [2.45, 2.75) is 31.9 Å². The van der Waals surface area contributed by atoms with Gasteiger partial charge in [-0.25, -0.2) is 18.7 Å². The predicted molar refractivity (Wildman–Crippen MR) is 136 cm³/mol. The zero-order valence-corrected chi connectivity index (χ0v) is 21.9. The van der Waals surface area contributed by atoms with Crippen LogP contribution in [0.5, 0.6) is 11.5 Å². The van der Waals surface area contributed by atoms with Gasteiger partial charge in [-0.2, -0.15) is 4.39 Å². The van der Waals surface area contributed by atoms with Gasteiger partial charge in [0.2, 0.25) is 11.7 Å². The second-order valence-corrected chi connectivity index (χ2v) is 9.93. The Hall–Kier alpha value is -3.15. The molecule has 39 heavy (non-hydrogen) atoms. The van der Waals surface area contributed by atoms with E-state index in [2.05, 4.69) is 4.98 Å². The van der Waals surface area contributed by atoms with Crippen LogP contribution in [0, 0.1) is 22.9 Å². The number of nitrogens with one attached hydrogen (secondary N) is 1. The molecular formula is C27H28ClF4N3O4. The van der Waals surface area contributed by atoms with Gasteiger partial charge in [0.1, 0.15) is 24.3 Å². The molecule has 210 valence electrons. The lowest BCUT2D eigenvalue weighted by atomic mass is 9.73. The molecule has 0 bridgehead atoms. The maximum atomic E-state index is 15.7. The molecule has 12 heteroatoms. The summed E-state index contributed by atoms with van der Waals surface area (Å²) in [6.07, 6.45) is 0.617. The summed E-state index contributed by atoms with van der Waals surface area (Å²) in [5.74, 6) is -4.16. The highest BCUT2D eigenvalue weighted by atomic mass is 35.5. The van der Waals surface area contributed by atoms with Crippen LogP contribution in [-0.4, -0.2) is 54.3 Å². The molecule has 0 unspecified atom stereocenters. The molecule has 1 aliphatic rings. The molecular weight excluding hydrogens is 542 g/mol. The first kappa shape index (κ1) is 28.8. The molecule has 1 fully saturated rings. The van der Waals surface area contributed by atoms with Gasteiger partial charge >= 0.3 is 0 Å². The zero-order chi connectivity index (χ0) is 28.2. The van der Waals surface area contributed by atoms with Crippen molar-refractivity contribution in [2.24, 2.45) is 5.41 Å². The topological polar surface area (TPSA) is 83.9 Å². The van der Waals surface area contributed by atoms with Gasteiger partial charge in [0, 0.05) is 35.8 Å². The van der Waals surface area contributed by atoms with Gasteiger partial charge in [0.05, 0.1) is 23.1 Å². The first-order chi connectivity index (χ1) is 18.7. The number of likely N-dealkylation sites (tertiary alicyclic amines) is 1. The third-order valence-electron chi connectivity index (χ3n) is 7.28. The van der Waals surface area contributed by atoms with Gasteiger partial charge in [-0.3, -0.25) is 19.9 Å². The van der Waals surface area contributed by atoms with Gasteiger partial charge in [0.25, 0.3) is 0 Å². The van der Waals surface area contributed by atoms with E-state index in [1.807, 2.05) is 4.90 Å². The SMILES string of the molecule is COc1ccc2ncc(Cl)c([C@H](F)CCC3(C(=O)NO)CCN(CCOc4cc(F)cc(F)c4F)CC3)c2c1. The number of pyridine rings is 1. The van der Waals surface area contributed by atoms with E-state index < -0.39 is 40.7 Å². The van der Waals surface area contributed by atoms with Crippen LogP contribution in [0.15, 0.2) is 36.5 Å². The monoisotopic (exact) mass is 569 g/mol. The van der Waals surface area contributed by atoms with Crippen molar-refractivity contribution in [3.63, 3.8) is 0 Å². The van der Waals surface area contributed by atoms with Crippen molar-refractivity contribution in [2.75, 3.05) is 33.4 Å². The van der Waals surface area contributed by atoms with E-state index in [1.165, 1.54) is 13.3 Å². The molecule has 1 aliphatic heterocycles. The van der Waals surface area contributed by atoms with Crippen molar-refractivity contribution >= 4 is 28.4 Å². The van der Waals surface area contributed by atoms with Crippen molar-refractivity contribution < 1.29 is 37.0 Å². The highest BCUT2D eigenvalue weighted by Gasteiger charge is 2.41. The summed E-state index contributed by atoms with van der Waals surface area (Å²) in [4.78, 5) is 18.9. The van der Waals surface area contributed by atoms with Crippen molar-refractivity contribution in [3.8, 4) is 11.5 Å². The highest BCUT2D eigenvalue weighted by Crippen LogP contribution is 2.42. The number of piperidine rings is 1. The number of rotatable bonds is 10. The highest BCUT2D eigenvalue weighted by molar-refractivity contribution is 6.32. The number of nitrogens with zero attached hydrogens (tertiary/aromatic N) is 2. The number of methoxy groups -OCH3 is 1. The molecule has 0 radical (unpaired) electrons. The fraction of sp³-hybridized carbons (Fsp3) is 0.407. The molecule has 0 saturated carbocycles. The van der Waals surface area contributed by atoms with Gasteiger partial charge in [-0.1, -0.05) is 11.6 Å². The number of benzene rings is 2. The van der Waals surface area contributed by atoms with E-state index in [4.69, 9.17) is 21.1 Å². The third kappa shape index (κ3) is 6.37.